The Morgan fingerprint density at radius 1 is 1.35 bits per heavy atom. The zero-order valence-electron chi connectivity index (χ0n) is 11.6. The minimum absolute atomic E-state index is 0.569. The largest absolute Gasteiger partial charge is 0.497 e. The van der Waals surface area contributed by atoms with E-state index in [0.29, 0.717) is 6.04 Å². The van der Waals surface area contributed by atoms with E-state index in [-0.39, 0.29) is 0 Å². The Hall–Kier alpha value is -1.33. The van der Waals surface area contributed by atoms with Crippen molar-refractivity contribution in [1.29, 1.82) is 0 Å². The van der Waals surface area contributed by atoms with Gasteiger partial charge in [0.1, 0.15) is 5.75 Å². The van der Waals surface area contributed by atoms with Gasteiger partial charge in [-0.25, -0.2) is 4.98 Å². The molecule has 2 bridgehead atoms. The number of fused-ring (bicyclic) bond motifs is 4. The van der Waals surface area contributed by atoms with Crippen LogP contribution in [0.4, 0.5) is 5.13 Å². The third-order valence-electron chi connectivity index (χ3n) is 4.56. The number of nitrogens with one attached hydrogen (secondary N) is 1. The number of benzene rings is 1. The molecule has 0 amide bonds. The van der Waals surface area contributed by atoms with Crippen LogP contribution in [0.2, 0.25) is 0 Å². The van der Waals surface area contributed by atoms with E-state index in [1.807, 2.05) is 12.1 Å². The number of hydrogen-bond donors (Lipinski definition) is 1. The molecule has 2 aromatic rings. The van der Waals surface area contributed by atoms with Crippen LogP contribution in [0.3, 0.4) is 0 Å². The Labute approximate surface area is 122 Å². The maximum absolute atomic E-state index is 5.27. The van der Waals surface area contributed by atoms with Gasteiger partial charge in [0.05, 0.1) is 17.3 Å². The summed E-state index contributed by atoms with van der Waals surface area (Å²) in [6.45, 7) is 3.73. The van der Waals surface area contributed by atoms with Crippen molar-refractivity contribution in [3.63, 3.8) is 0 Å². The van der Waals surface area contributed by atoms with Crippen molar-refractivity contribution >= 4 is 26.7 Å². The Kier molecular flexibility index (Phi) is 3.04. The molecule has 0 aliphatic carbocycles. The molecule has 1 N–H and O–H groups in total. The van der Waals surface area contributed by atoms with Crippen LogP contribution in [-0.2, 0) is 0 Å². The van der Waals surface area contributed by atoms with E-state index in [1.165, 1.54) is 37.2 Å². The molecule has 0 radical (unpaired) electrons. The van der Waals surface area contributed by atoms with Gasteiger partial charge in [-0.1, -0.05) is 11.3 Å². The molecule has 3 aliphatic heterocycles. The molecule has 1 unspecified atom stereocenters. The van der Waals surface area contributed by atoms with Crippen LogP contribution in [0, 0.1) is 5.92 Å². The number of anilines is 1. The minimum Gasteiger partial charge on any atom is -0.497 e. The third-order valence-corrected chi connectivity index (χ3v) is 5.51. The van der Waals surface area contributed by atoms with Gasteiger partial charge in [0, 0.05) is 12.6 Å². The first-order valence-corrected chi connectivity index (χ1v) is 8.07. The van der Waals surface area contributed by atoms with Crippen LogP contribution < -0.4 is 10.1 Å². The van der Waals surface area contributed by atoms with Crippen LogP contribution >= 0.6 is 11.3 Å². The van der Waals surface area contributed by atoms with E-state index >= 15 is 0 Å². The van der Waals surface area contributed by atoms with Crippen molar-refractivity contribution in [3.05, 3.63) is 18.2 Å². The Balaban J connectivity index is 1.56. The van der Waals surface area contributed by atoms with Crippen molar-refractivity contribution in [2.45, 2.75) is 18.9 Å². The summed E-state index contributed by atoms with van der Waals surface area (Å²) < 4.78 is 6.46. The van der Waals surface area contributed by atoms with Gasteiger partial charge in [0.25, 0.3) is 0 Å². The van der Waals surface area contributed by atoms with Gasteiger partial charge in [-0.05, 0) is 50.0 Å². The number of methoxy groups -OCH3 is 1. The number of ether oxygens (including phenoxy) is 1. The van der Waals surface area contributed by atoms with Crippen molar-refractivity contribution in [2.24, 2.45) is 5.92 Å². The smallest absolute Gasteiger partial charge is 0.184 e. The second kappa shape index (κ2) is 4.90. The number of piperidine rings is 3. The fourth-order valence-electron chi connectivity index (χ4n) is 3.38. The summed E-state index contributed by atoms with van der Waals surface area (Å²) in [7, 11) is 1.70. The molecule has 3 saturated heterocycles. The lowest BCUT2D eigenvalue weighted by Gasteiger charge is -2.44. The van der Waals surface area contributed by atoms with Gasteiger partial charge in [0.15, 0.2) is 5.13 Å². The van der Waals surface area contributed by atoms with Gasteiger partial charge in [-0.2, -0.15) is 0 Å². The van der Waals surface area contributed by atoms with Crippen LogP contribution in [0.5, 0.6) is 5.75 Å². The first kappa shape index (κ1) is 12.4. The van der Waals surface area contributed by atoms with Crippen LogP contribution in [0.1, 0.15) is 12.8 Å². The summed E-state index contributed by atoms with van der Waals surface area (Å²) in [5.41, 5.74) is 1.06. The van der Waals surface area contributed by atoms with Crippen LogP contribution in [-0.4, -0.2) is 42.7 Å². The highest BCUT2D eigenvalue weighted by Gasteiger charge is 2.34. The molecule has 0 spiro atoms. The molecule has 0 saturated carbocycles. The monoisotopic (exact) mass is 289 g/mol. The van der Waals surface area contributed by atoms with E-state index in [4.69, 9.17) is 9.72 Å². The predicted octanol–water partition coefficient (Wildman–Crippen LogP) is 2.81. The first-order chi connectivity index (χ1) is 9.81. The molecule has 1 atom stereocenters. The summed E-state index contributed by atoms with van der Waals surface area (Å²) in [4.78, 5) is 7.26. The number of nitrogens with zero attached hydrogens (tertiary/aromatic N) is 2. The minimum atomic E-state index is 0.569. The Morgan fingerprint density at radius 2 is 2.20 bits per heavy atom. The first-order valence-electron chi connectivity index (χ1n) is 7.25. The summed E-state index contributed by atoms with van der Waals surface area (Å²) in [5.74, 6) is 1.72. The second-order valence-corrected chi connectivity index (χ2v) is 6.77. The zero-order valence-corrected chi connectivity index (χ0v) is 12.4. The maximum atomic E-state index is 5.27. The number of hydrogen-bond acceptors (Lipinski definition) is 5. The number of rotatable bonds is 3. The third kappa shape index (κ3) is 2.15. The van der Waals surface area contributed by atoms with Crippen molar-refractivity contribution < 1.29 is 4.74 Å². The molecule has 3 fully saturated rings. The quantitative estimate of drug-likeness (QED) is 0.943. The van der Waals surface area contributed by atoms with Crippen molar-refractivity contribution in [3.8, 4) is 5.75 Å². The van der Waals surface area contributed by atoms with E-state index < -0.39 is 0 Å². The molecule has 106 valence electrons. The van der Waals surface area contributed by atoms with Gasteiger partial charge >= 0.3 is 0 Å². The lowest BCUT2D eigenvalue weighted by atomic mass is 9.84. The highest BCUT2D eigenvalue weighted by atomic mass is 32.1. The summed E-state index contributed by atoms with van der Waals surface area (Å²) in [6, 6.07) is 6.64. The normalized spacial score (nSPS) is 28.8. The van der Waals surface area contributed by atoms with Gasteiger partial charge in [-0.3, -0.25) is 0 Å². The molecule has 20 heavy (non-hydrogen) atoms. The van der Waals surface area contributed by atoms with Crippen molar-refractivity contribution in [2.75, 3.05) is 32.1 Å². The molecule has 4 heterocycles. The average molecular weight is 289 g/mol. The average Bonchev–Trinajstić information content (AvgIpc) is 2.89. The predicted molar refractivity (Wildman–Crippen MR) is 82.7 cm³/mol. The van der Waals surface area contributed by atoms with Crippen LogP contribution in [0.25, 0.3) is 10.2 Å². The lowest BCUT2D eigenvalue weighted by molar-refractivity contribution is 0.0975. The highest BCUT2D eigenvalue weighted by molar-refractivity contribution is 7.22. The van der Waals surface area contributed by atoms with Gasteiger partial charge in [-0.15, -0.1) is 0 Å². The molecule has 5 rings (SSSR count). The maximum Gasteiger partial charge on any atom is 0.184 e. The fraction of sp³-hybridized carbons (Fsp3) is 0.533. The zero-order chi connectivity index (χ0) is 13.5. The number of aromatic nitrogens is 1. The summed E-state index contributed by atoms with van der Waals surface area (Å²) >= 11 is 1.73. The van der Waals surface area contributed by atoms with E-state index in [2.05, 4.69) is 16.3 Å². The van der Waals surface area contributed by atoms with Crippen molar-refractivity contribution in [1.82, 2.24) is 9.88 Å². The summed E-state index contributed by atoms with van der Waals surface area (Å²) in [5, 5.41) is 4.71. The van der Waals surface area contributed by atoms with E-state index in [0.717, 1.165) is 22.3 Å². The standard InChI is InChI=1S/C15H19N3OS/c1-19-11-2-3-12-14(8-11)20-15(16-12)17-13-9-18-6-4-10(13)5-7-18/h2-3,8,10,13H,4-7,9H2,1H3,(H,16,17). The molecular formula is C15H19N3OS. The van der Waals surface area contributed by atoms with E-state index in [1.54, 1.807) is 18.4 Å². The Morgan fingerprint density at radius 3 is 2.90 bits per heavy atom. The van der Waals surface area contributed by atoms with Gasteiger partial charge < -0.3 is 15.0 Å². The topological polar surface area (TPSA) is 37.4 Å². The molecule has 5 heteroatoms. The lowest BCUT2D eigenvalue weighted by Crippen LogP contribution is -2.53. The van der Waals surface area contributed by atoms with Crippen LogP contribution in [0.15, 0.2) is 18.2 Å². The number of thiazole rings is 1. The molecule has 3 aliphatic rings. The summed E-state index contributed by atoms with van der Waals surface area (Å²) in [6.07, 6.45) is 2.66. The molecule has 1 aromatic carbocycles. The molecule has 4 nitrogen and oxygen atoms in total. The van der Waals surface area contributed by atoms with Gasteiger partial charge in [0.2, 0.25) is 0 Å². The molecular weight excluding hydrogens is 270 g/mol. The van der Waals surface area contributed by atoms with E-state index in [9.17, 15) is 0 Å². The molecule has 1 aromatic heterocycles. The SMILES string of the molecule is COc1ccc2nc(NC3CN4CCC3CC4)sc2c1. The second-order valence-electron chi connectivity index (χ2n) is 5.74. The fourth-order valence-corrected chi connectivity index (χ4v) is 4.34. The highest BCUT2D eigenvalue weighted by Crippen LogP contribution is 2.33. The Bertz CT molecular complexity index is 619.